The number of amides is 1. The summed E-state index contributed by atoms with van der Waals surface area (Å²) in [4.78, 5) is 11.9. The van der Waals surface area contributed by atoms with Gasteiger partial charge in [-0.25, -0.2) is 0 Å². The normalized spacial score (nSPS) is 10.4. The second-order valence-corrected chi connectivity index (χ2v) is 4.36. The highest BCUT2D eigenvalue weighted by atomic mass is 16.3. The van der Waals surface area contributed by atoms with Crippen LogP contribution in [-0.4, -0.2) is 12.5 Å². The van der Waals surface area contributed by atoms with E-state index in [1.807, 2.05) is 31.2 Å². The van der Waals surface area contributed by atoms with Crippen molar-refractivity contribution in [1.82, 2.24) is 5.32 Å². The molecule has 4 nitrogen and oxygen atoms in total. The average molecular weight is 258 g/mol. The largest absolute Gasteiger partial charge is 0.459 e. The van der Waals surface area contributed by atoms with Gasteiger partial charge in [0.25, 0.3) is 5.91 Å². The molecule has 0 bridgehead atoms. The van der Waals surface area contributed by atoms with E-state index in [0.717, 1.165) is 24.3 Å². The van der Waals surface area contributed by atoms with Crippen molar-refractivity contribution in [1.29, 1.82) is 0 Å². The lowest BCUT2D eigenvalue weighted by atomic mass is 10.2. The molecule has 1 aromatic carbocycles. The van der Waals surface area contributed by atoms with E-state index in [4.69, 9.17) is 4.42 Å². The van der Waals surface area contributed by atoms with Crippen LogP contribution in [-0.2, 0) is 6.54 Å². The summed E-state index contributed by atoms with van der Waals surface area (Å²) in [5.74, 6) is 0.138. The Morgan fingerprint density at radius 3 is 2.53 bits per heavy atom. The van der Waals surface area contributed by atoms with E-state index in [1.165, 1.54) is 11.8 Å². The van der Waals surface area contributed by atoms with Crippen LogP contribution in [0.3, 0.4) is 0 Å². The zero-order valence-corrected chi connectivity index (χ0v) is 11.2. The maximum absolute atomic E-state index is 11.9. The Balaban J connectivity index is 2.00. The topological polar surface area (TPSA) is 54.3 Å². The molecular weight excluding hydrogens is 240 g/mol. The van der Waals surface area contributed by atoms with Gasteiger partial charge in [0.1, 0.15) is 0 Å². The van der Waals surface area contributed by atoms with Gasteiger partial charge >= 0.3 is 0 Å². The first-order chi connectivity index (χ1) is 9.20. The second kappa shape index (κ2) is 6.20. The molecular formula is C15H18N2O2. The van der Waals surface area contributed by atoms with Crippen molar-refractivity contribution in [2.24, 2.45) is 0 Å². The SMILES string of the molecule is CCNCc1ccc(NC(=O)c2occc2C)cc1. The Morgan fingerprint density at radius 2 is 1.95 bits per heavy atom. The van der Waals surface area contributed by atoms with Crippen molar-refractivity contribution in [3.05, 3.63) is 53.5 Å². The van der Waals surface area contributed by atoms with Crippen molar-refractivity contribution in [2.75, 3.05) is 11.9 Å². The van der Waals surface area contributed by atoms with Gasteiger partial charge in [-0.1, -0.05) is 19.1 Å². The Hall–Kier alpha value is -2.07. The van der Waals surface area contributed by atoms with E-state index in [-0.39, 0.29) is 5.91 Å². The molecule has 0 saturated carbocycles. The van der Waals surface area contributed by atoms with Crippen molar-refractivity contribution < 1.29 is 9.21 Å². The molecule has 0 aliphatic carbocycles. The number of carbonyl (C=O) groups is 1. The number of carbonyl (C=O) groups excluding carboxylic acids is 1. The molecule has 100 valence electrons. The van der Waals surface area contributed by atoms with Crippen molar-refractivity contribution in [3.63, 3.8) is 0 Å². The maximum Gasteiger partial charge on any atom is 0.291 e. The lowest BCUT2D eigenvalue weighted by molar-refractivity contribution is 0.0996. The third kappa shape index (κ3) is 3.45. The fraction of sp³-hybridized carbons (Fsp3) is 0.267. The smallest absolute Gasteiger partial charge is 0.291 e. The van der Waals surface area contributed by atoms with Crippen LogP contribution in [0.5, 0.6) is 0 Å². The van der Waals surface area contributed by atoms with Gasteiger partial charge in [-0.2, -0.15) is 0 Å². The molecule has 0 fully saturated rings. The van der Waals surface area contributed by atoms with E-state index in [2.05, 4.69) is 17.6 Å². The van der Waals surface area contributed by atoms with E-state index < -0.39 is 0 Å². The van der Waals surface area contributed by atoms with E-state index in [1.54, 1.807) is 6.07 Å². The Bertz CT molecular complexity index is 544. The number of hydrogen-bond donors (Lipinski definition) is 2. The number of aryl methyl sites for hydroxylation is 1. The van der Waals surface area contributed by atoms with E-state index in [0.29, 0.717) is 5.76 Å². The second-order valence-electron chi connectivity index (χ2n) is 4.36. The number of rotatable bonds is 5. The molecule has 19 heavy (non-hydrogen) atoms. The molecule has 0 radical (unpaired) electrons. The minimum Gasteiger partial charge on any atom is -0.459 e. The minimum atomic E-state index is -0.220. The third-order valence-electron chi connectivity index (χ3n) is 2.86. The van der Waals surface area contributed by atoms with Crippen molar-refractivity contribution in [3.8, 4) is 0 Å². The molecule has 4 heteroatoms. The van der Waals surface area contributed by atoms with Gasteiger partial charge in [0, 0.05) is 17.8 Å². The van der Waals surface area contributed by atoms with Crippen LogP contribution in [0.2, 0.25) is 0 Å². The predicted molar refractivity (Wildman–Crippen MR) is 75.2 cm³/mol. The maximum atomic E-state index is 11.9. The Kier molecular flexibility index (Phi) is 4.36. The summed E-state index contributed by atoms with van der Waals surface area (Å²) in [5, 5.41) is 6.07. The zero-order valence-electron chi connectivity index (χ0n) is 11.2. The first kappa shape index (κ1) is 13.4. The summed E-state index contributed by atoms with van der Waals surface area (Å²) in [6.45, 7) is 5.69. The van der Waals surface area contributed by atoms with Crippen LogP contribution in [0, 0.1) is 6.92 Å². The summed E-state index contributed by atoms with van der Waals surface area (Å²) in [6, 6.07) is 9.54. The fourth-order valence-corrected chi connectivity index (χ4v) is 1.77. The molecule has 0 aliphatic heterocycles. The van der Waals surface area contributed by atoms with Crippen molar-refractivity contribution >= 4 is 11.6 Å². The summed E-state index contributed by atoms with van der Waals surface area (Å²) in [7, 11) is 0. The van der Waals surface area contributed by atoms with Crippen LogP contribution >= 0.6 is 0 Å². The fourth-order valence-electron chi connectivity index (χ4n) is 1.77. The summed E-state index contributed by atoms with van der Waals surface area (Å²) >= 11 is 0. The number of hydrogen-bond acceptors (Lipinski definition) is 3. The number of benzene rings is 1. The molecule has 0 aliphatic rings. The molecule has 1 heterocycles. The molecule has 0 unspecified atom stereocenters. The third-order valence-corrected chi connectivity index (χ3v) is 2.86. The number of anilines is 1. The van der Waals surface area contributed by atoms with E-state index >= 15 is 0 Å². The first-order valence-electron chi connectivity index (χ1n) is 6.36. The molecule has 1 aromatic heterocycles. The quantitative estimate of drug-likeness (QED) is 0.867. The minimum absolute atomic E-state index is 0.220. The van der Waals surface area contributed by atoms with Gasteiger partial charge in [0.05, 0.1) is 6.26 Å². The van der Waals surface area contributed by atoms with Crippen molar-refractivity contribution in [2.45, 2.75) is 20.4 Å². The highest BCUT2D eigenvalue weighted by Gasteiger charge is 2.12. The molecule has 0 atom stereocenters. The summed E-state index contributed by atoms with van der Waals surface area (Å²) in [5.41, 5.74) is 2.79. The zero-order chi connectivity index (χ0) is 13.7. The monoisotopic (exact) mass is 258 g/mol. The molecule has 2 N–H and O–H groups in total. The van der Waals surface area contributed by atoms with Crippen LogP contribution in [0.25, 0.3) is 0 Å². The molecule has 0 spiro atoms. The van der Waals surface area contributed by atoms with Gasteiger partial charge in [-0.15, -0.1) is 0 Å². The lowest BCUT2D eigenvalue weighted by Crippen LogP contribution is -2.13. The van der Waals surface area contributed by atoms with Gasteiger partial charge in [0.15, 0.2) is 5.76 Å². The van der Waals surface area contributed by atoms with Crippen LogP contribution in [0.1, 0.15) is 28.6 Å². The van der Waals surface area contributed by atoms with Gasteiger partial charge in [0.2, 0.25) is 0 Å². The number of furan rings is 1. The van der Waals surface area contributed by atoms with Gasteiger partial charge in [-0.05, 0) is 37.2 Å². The summed E-state index contributed by atoms with van der Waals surface area (Å²) in [6.07, 6.45) is 1.52. The first-order valence-corrected chi connectivity index (χ1v) is 6.36. The highest BCUT2D eigenvalue weighted by Crippen LogP contribution is 2.14. The highest BCUT2D eigenvalue weighted by molar-refractivity contribution is 6.03. The van der Waals surface area contributed by atoms with Gasteiger partial charge in [-0.3, -0.25) is 4.79 Å². The van der Waals surface area contributed by atoms with Gasteiger partial charge < -0.3 is 15.1 Å². The average Bonchev–Trinajstić information content (AvgIpc) is 2.84. The molecule has 2 aromatic rings. The van der Waals surface area contributed by atoms with Crippen LogP contribution in [0.4, 0.5) is 5.69 Å². The van der Waals surface area contributed by atoms with Crippen LogP contribution in [0.15, 0.2) is 41.0 Å². The van der Waals surface area contributed by atoms with Crippen LogP contribution < -0.4 is 10.6 Å². The molecule has 0 saturated heterocycles. The Morgan fingerprint density at radius 1 is 1.21 bits per heavy atom. The standard InChI is InChI=1S/C15H18N2O2/c1-3-16-10-12-4-6-13(7-5-12)17-15(18)14-11(2)8-9-19-14/h4-9,16H,3,10H2,1-2H3,(H,17,18). The number of nitrogens with one attached hydrogen (secondary N) is 2. The lowest BCUT2D eigenvalue weighted by Gasteiger charge is -2.06. The van der Waals surface area contributed by atoms with E-state index in [9.17, 15) is 4.79 Å². The predicted octanol–water partition coefficient (Wildman–Crippen LogP) is 2.95. The molecule has 2 rings (SSSR count). The molecule has 1 amide bonds. The summed E-state index contributed by atoms with van der Waals surface area (Å²) < 4.78 is 5.15. The Labute approximate surface area is 112 Å².